The van der Waals surface area contributed by atoms with Gasteiger partial charge < -0.3 is 15.0 Å². The van der Waals surface area contributed by atoms with Gasteiger partial charge in [-0.25, -0.2) is 9.78 Å². The highest BCUT2D eigenvalue weighted by atomic mass is 16.5. The number of aryl methyl sites for hydroxylation is 2. The minimum Gasteiger partial charge on any atom is -0.372 e. The van der Waals surface area contributed by atoms with Crippen LogP contribution in [0.4, 0.5) is 4.79 Å². The molecule has 1 aromatic heterocycles. The number of hydrogen-bond donors (Lipinski definition) is 2. The van der Waals surface area contributed by atoms with Gasteiger partial charge in [-0.15, -0.1) is 0 Å². The van der Waals surface area contributed by atoms with Gasteiger partial charge in [0.1, 0.15) is 5.82 Å². The van der Waals surface area contributed by atoms with Crippen molar-refractivity contribution in [1.29, 1.82) is 0 Å². The molecule has 7 nitrogen and oxygen atoms in total. The van der Waals surface area contributed by atoms with Gasteiger partial charge >= 0.3 is 6.03 Å². The quantitative estimate of drug-likeness (QED) is 0.656. The molecular formula is C23H27N5O2. The lowest BCUT2D eigenvalue weighted by molar-refractivity contribution is 0.0483. The Bertz CT molecular complexity index is 988. The third kappa shape index (κ3) is 4.86. The molecule has 4 rings (SSSR count). The zero-order valence-electron chi connectivity index (χ0n) is 17.3. The van der Waals surface area contributed by atoms with Crippen LogP contribution in [0.5, 0.6) is 0 Å². The van der Waals surface area contributed by atoms with Gasteiger partial charge in [0, 0.05) is 19.5 Å². The van der Waals surface area contributed by atoms with Gasteiger partial charge in [-0.1, -0.05) is 60.2 Å². The van der Waals surface area contributed by atoms with Crippen molar-refractivity contribution in [3.05, 3.63) is 82.9 Å². The normalized spacial score (nSPS) is 18.5. The van der Waals surface area contributed by atoms with Crippen LogP contribution < -0.4 is 5.32 Å². The Balaban J connectivity index is 1.43. The van der Waals surface area contributed by atoms with Gasteiger partial charge in [-0.2, -0.15) is 5.10 Å². The molecule has 1 saturated heterocycles. The Morgan fingerprint density at radius 1 is 1.17 bits per heavy atom. The average molecular weight is 406 g/mol. The van der Waals surface area contributed by atoms with Crippen LogP contribution >= 0.6 is 0 Å². The number of ether oxygens (including phenoxy) is 1. The van der Waals surface area contributed by atoms with E-state index < -0.39 is 0 Å². The molecule has 0 aliphatic carbocycles. The minimum atomic E-state index is -0.215. The Kier molecular flexibility index (Phi) is 6.09. The van der Waals surface area contributed by atoms with Gasteiger partial charge in [0.05, 0.1) is 18.8 Å². The number of nitrogens with one attached hydrogen (secondary N) is 2. The van der Waals surface area contributed by atoms with Gasteiger partial charge in [0.15, 0.2) is 5.82 Å². The first-order valence-corrected chi connectivity index (χ1v) is 10.2. The summed E-state index contributed by atoms with van der Waals surface area (Å²) in [5, 5.41) is 10.2. The second-order valence-electron chi connectivity index (χ2n) is 7.75. The molecule has 0 saturated carbocycles. The summed E-state index contributed by atoms with van der Waals surface area (Å²) in [6.07, 6.45) is 0.596. The van der Waals surface area contributed by atoms with Crippen molar-refractivity contribution >= 4 is 6.03 Å². The molecule has 1 fully saturated rings. The van der Waals surface area contributed by atoms with Crippen molar-refractivity contribution in [2.24, 2.45) is 0 Å². The molecule has 2 N–H and O–H groups in total. The Morgan fingerprint density at radius 3 is 2.70 bits per heavy atom. The summed E-state index contributed by atoms with van der Waals surface area (Å²) < 4.78 is 6.16. The SMILES string of the molecule is Cc1cccc(CO[C@H]2C[C@@H](c3n[nH]c(C)n3)N(C(=O)NCc3ccccc3)C2)c1. The minimum absolute atomic E-state index is 0.0724. The van der Waals surface area contributed by atoms with Crippen LogP contribution in [0, 0.1) is 13.8 Å². The number of nitrogens with zero attached hydrogens (tertiary/aromatic N) is 3. The molecule has 0 unspecified atom stereocenters. The number of H-pyrrole nitrogens is 1. The van der Waals surface area contributed by atoms with E-state index >= 15 is 0 Å². The van der Waals surface area contributed by atoms with E-state index in [4.69, 9.17) is 4.74 Å². The van der Waals surface area contributed by atoms with Gasteiger partial charge in [0.25, 0.3) is 0 Å². The molecule has 3 aromatic rings. The van der Waals surface area contributed by atoms with Crippen LogP contribution in [-0.4, -0.2) is 38.8 Å². The van der Waals surface area contributed by atoms with Crippen LogP contribution in [0.1, 0.15) is 40.8 Å². The third-order valence-corrected chi connectivity index (χ3v) is 5.29. The fraction of sp³-hybridized carbons (Fsp3) is 0.348. The number of benzene rings is 2. The van der Waals surface area contributed by atoms with Crippen LogP contribution in [0.15, 0.2) is 54.6 Å². The Morgan fingerprint density at radius 2 is 1.97 bits per heavy atom. The fourth-order valence-corrected chi connectivity index (χ4v) is 3.79. The van der Waals surface area contributed by atoms with E-state index in [1.807, 2.05) is 43.3 Å². The molecule has 2 amide bonds. The molecule has 0 spiro atoms. The Labute approximate surface area is 176 Å². The molecular weight excluding hydrogens is 378 g/mol. The van der Waals surface area contributed by atoms with E-state index in [2.05, 4.69) is 45.6 Å². The first-order chi connectivity index (χ1) is 14.6. The molecule has 30 heavy (non-hydrogen) atoms. The lowest BCUT2D eigenvalue weighted by Gasteiger charge is -2.22. The first-order valence-electron chi connectivity index (χ1n) is 10.2. The highest BCUT2D eigenvalue weighted by Gasteiger charge is 2.39. The third-order valence-electron chi connectivity index (χ3n) is 5.29. The van der Waals surface area contributed by atoms with E-state index in [9.17, 15) is 4.79 Å². The van der Waals surface area contributed by atoms with Crippen molar-refractivity contribution in [2.45, 2.75) is 45.6 Å². The largest absolute Gasteiger partial charge is 0.372 e. The number of carbonyl (C=O) groups excluding carboxylic acids is 1. The van der Waals surface area contributed by atoms with Gasteiger partial charge in [-0.05, 0) is 25.0 Å². The summed E-state index contributed by atoms with van der Waals surface area (Å²) in [5.74, 6) is 1.36. The number of aromatic amines is 1. The number of likely N-dealkylation sites (tertiary alicyclic amines) is 1. The van der Waals surface area contributed by atoms with Crippen molar-refractivity contribution < 1.29 is 9.53 Å². The lowest BCUT2D eigenvalue weighted by Crippen LogP contribution is -2.40. The second-order valence-corrected chi connectivity index (χ2v) is 7.75. The van der Waals surface area contributed by atoms with E-state index in [0.717, 1.165) is 17.0 Å². The van der Waals surface area contributed by atoms with Crippen molar-refractivity contribution in [2.75, 3.05) is 6.54 Å². The molecule has 7 heteroatoms. The molecule has 0 bridgehead atoms. The van der Waals surface area contributed by atoms with Crippen LogP contribution in [-0.2, 0) is 17.9 Å². The van der Waals surface area contributed by atoms with Gasteiger partial charge in [-0.3, -0.25) is 5.10 Å². The van der Waals surface area contributed by atoms with E-state index in [1.54, 1.807) is 4.90 Å². The van der Waals surface area contributed by atoms with E-state index in [0.29, 0.717) is 31.9 Å². The highest BCUT2D eigenvalue weighted by molar-refractivity contribution is 5.75. The zero-order valence-corrected chi connectivity index (χ0v) is 17.3. The number of urea groups is 1. The van der Waals surface area contributed by atoms with Crippen LogP contribution in [0.3, 0.4) is 0 Å². The zero-order chi connectivity index (χ0) is 20.9. The monoisotopic (exact) mass is 405 g/mol. The molecule has 1 aliphatic heterocycles. The summed E-state index contributed by atoms with van der Waals surface area (Å²) in [6.45, 7) is 5.43. The van der Waals surface area contributed by atoms with E-state index in [1.165, 1.54) is 5.56 Å². The smallest absolute Gasteiger partial charge is 0.318 e. The van der Waals surface area contributed by atoms with Crippen molar-refractivity contribution in [3.63, 3.8) is 0 Å². The summed E-state index contributed by atoms with van der Waals surface area (Å²) >= 11 is 0. The maximum absolute atomic E-state index is 13.0. The summed E-state index contributed by atoms with van der Waals surface area (Å²) in [5.41, 5.74) is 3.40. The molecule has 2 atom stereocenters. The molecule has 0 radical (unpaired) electrons. The van der Waals surface area contributed by atoms with Crippen LogP contribution in [0.2, 0.25) is 0 Å². The van der Waals surface area contributed by atoms with Crippen molar-refractivity contribution in [3.8, 4) is 0 Å². The molecule has 2 heterocycles. The summed E-state index contributed by atoms with van der Waals surface area (Å²) in [6, 6.07) is 17.8. The Hall–Kier alpha value is -3.19. The summed E-state index contributed by atoms with van der Waals surface area (Å²) in [4.78, 5) is 19.2. The topological polar surface area (TPSA) is 83.1 Å². The van der Waals surface area contributed by atoms with E-state index in [-0.39, 0.29) is 18.2 Å². The number of rotatable bonds is 6. The standard InChI is InChI=1S/C23H27N5O2/c1-16-7-6-10-19(11-16)15-30-20-12-21(22-25-17(2)26-27-22)28(14-20)23(29)24-13-18-8-4-3-5-9-18/h3-11,20-21H,12-15H2,1-2H3,(H,24,29)(H,25,26,27)/t20-,21-/m0/s1. The highest BCUT2D eigenvalue weighted by Crippen LogP contribution is 2.32. The molecule has 1 aliphatic rings. The fourth-order valence-electron chi connectivity index (χ4n) is 3.79. The first kappa shape index (κ1) is 20.1. The van der Waals surface area contributed by atoms with Crippen LogP contribution in [0.25, 0.3) is 0 Å². The number of amides is 2. The molecule has 156 valence electrons. The second kappa shape index (κ2) is 9.09. The number of hydrogen-bond acceptors (Lipinski definition) is 4. The maximum Gasteiger partial charge on any atom is 0.318 e. The maximum atomic E-state index is 13.0. The number of carbonyl (C=O) groups is 1. The molecule has 2 aromatic carbocycles. The lowest BCUT2D eigenvalue weighted by atomic mass is 10.1. The van der Waals surface area contributed by atoms with Gasteiger partial charge in [0.2, 0.25) is 0 Å². The predicted molar refractivity (Wildman–Crippen MR) is 114 cm³/mol. The average Bonchev–Trinajstić information content (AvgIpc) is 3.37. The predicted octanol–water partition coefficient (Wildman–Crippen LogP) is 3.66. The number of aromatic nitrogens is 3. The summed E-state index contributed by atoms with van der Waals surface area (Å²) in [7, 11) is 0. The van der Waals surface area contributed by atoms with Crippen molar-refractivity contribution in [1.82, 2.24) is 25.4 Å².